The van der Waals surface area contributed by atoms with Crippen molar-refractivity contribution < 1.29 is 10.1 Å². The molecule has 1 aromatic carbocycles. The lowest BCUT2D eigenvalue weighted by atomic mass is 10.3. The van der Waals surface area contributed by atoms with Crippen LogP contribution in [0.2, 0.25) is 0 Å². The first-order valence-electron chi connectivity index (χ1n) is 4.85. The molecule has 4 heteroatoms. The van der Waals surface area contributed by atoms with Crippen LogP contribution in [-0.2, 0) is 11.9 Å². The van der Waals surface area contributed by atoms with E-state index in [-0.39, 0.29) is 0 Å². The van der Waals surface area contributed by atoms with Crippen molar-refractivity contribution in [1.29, 1.82) is 0 Å². The van der Waals surface area contributed by atoms with Crippen molar-refractivity contribution in [2.75, 3.05) is 6.61 Å². The Morgan fingerprint density at radius 3 is 2.53 bits per heavy atom. The number of benzene rings is 1. The number of rotatable bonds is 1. The number of aromatic nitrogens is 2. The Hall–Kier alpha value is -1.39. The quantitative estimate of drug-likeness (QED) is 0.578. The van der Waals surface area contributed by atoms with Crippen molar-refractivity contribution in [2.45, 2.75) is 13.8 Å². The van der Waals surface area contributed by atoms with E-state index in [4.69, 9.17) is 5.26 Å². The van der Waals surface area contributed by atoms with Crippen molar-refractivity contribution >= 4 is 11.0 Å². The molecule has 4 nitrogen and oxygen atoms in total. The second-order valence-corrected chi connectivity index (χ2v) is 3.12. The summed E-state index contributed by atoms with van der Waals surface area (Å²) in [6.45, 7) is 4.10. The van der Waals surface area contributed by atoms with Gasteiger partial charge >= 0.3 is 0 Å². The summed E-state index contributed by atoms with van der Waals surface area (Å²) in [5.41, 5.74) is 2.28. The first kappa shape index (κ1) is 11.7. The average molecular weight is 208 g/mol. The molecule has 15 heavy (non-hydrogen) atoms. The van der Waals surface area contributed by atoms with Gasteiger partial charge in [0.25, 0.3) is 0 Å². The maximum absolute atomic E-state index is 7.38. The van der Waals surface area contributed by atoms with Crippen LogP contribution in [-0.4, -0.2) is 21.4 Å². The molecule has 1 aromatic heterocycles. The van der Waals surface area contributed by atoms with E-state index in [0.717, 1.165) is 11.3 Å². The molecule has 1 heterocycles. The third-order valence-corrected chi connectivity index (χ3v) is 2.14. The van der Waals surface area contributed by atoms with Gasteiger partial charge in [-0.15, -0.1) is 0 Å². The maximum Gasteiger partial charge on any atom is 0.106 e. The van der Waals surface area contributed by atoms with Gasteiger partial charge in [-0.05, 0) is 26.0 Å². The second kappa shape index (κ2) is 5.48. The van der Waals surface area contributed by atoms with Crippen molar-refractivity contribution in [3.63, 3.8) is 0 Å². The lowest BCUT2D eigenvalue weighted by Gasteiger charge is -1.93. The van der Waals surface area contributed by atoms with E-state index < -0.39 is 0 Å². The fourth-order valence-corrected chi connectivity index (χ4v) is 1.27. The molecule has 0 radical (unpaired) electrons. The fourth-order valence-electron chi connectivity index (χ4n) is 1.27. The number of aryl methyl sites for hydroxylation is 2. The summed E-state index contributed by atoms with van der Waals surface area (Å²) in [5.74, 6) is 1.06. The highest BCUT2D eigenvalue weighted by Gasteiger charge is 2.00. The largest absolute Gasteiger partial charge is 0.331 e. The van der Waals surface area contributed by atoms with Gasteiger partial charge in [-0.25, -0.2) is 9.87 Å². The second-order valence-electron chi connectivity index (χ2n) is 3.12. The van der Waals surface area contributed by atoms with Crippen molar-refractivity contribution in [3.05, 3.63) is 30.1 Å². The van der Waals surface area contributed by atoms with Crippen LogP contribution >= 0.6 is 0 Å². The third-order valence-electron chi connectivity index (χ3n) is 2.14. The summed E-state index contributed by atoms with van der Waals surface area (Å²) in [6.07, 6.45) is 0. The lowest BCUT2D eigenvalue weighted by molar-refractivity contribution is -0.237. The van der Waals surface area contributed by atoms with E-state index in [1.807, 2.05) is 32.2 Å². The van der Waals surface area contributed by atoms with E-state index in [1.54, 1.807) is 6.92 Å². The first-order chi connectivity index (χ1) is 7.20. The normalized spacial score (nSPS) is 9.87. The topological polar surface area (TPSA) is 47.3 Å². The van der Waals surface area contributed by atoms with Crippen molar-refractivity contribution in [1.82, 2.24) is 9.55 Å². The monoisotopic (exact) mass is 208 g/mol. The zero-order valence-corrected chi connectivity index (χ0v) is 9.27. The Kier molecular flexibility index (Phi) is 4.27. The molecule has 0 fully saturated rings. The zero-order valence-electron chi connectivity index (χ0n) is 9.27. The summed E-state index contributed by atoms with van der Waals surface area (Å²) in [5, 5.41) is 7.38. The lowest BCUT2D eigenvalue weighted by Crippen LogP contribution is -1.89. The van der Waals surface area contributed by atoms with Gasteiger partial charge in [0.05, 0.1) is 17.6 Å². The molecular formula is C11H16N2O2. The molecule has 0 saturated carbocycles. The number of fused-ring (bicyclic) bond motifs is 1. The summed E-state index contributed by atoms with van der Waals surface area (Å²) in [4.78, 5) is 7.92. The molecule has 0 atom stereocenters. The standard InChI is InChI=1S/C9H10N2.C2H6O2/c1-7-10-8-5-3-4-6-9(8)11(7)2;1-2-4-3/h3-6H,1-2H3;3H,2H2,1H3. The summed E-state index contributed by atoms with van der Waals surface area (Å²) >= 11 is 0. The Morgan fingerprint density at radius 2 is 2.00 bits per heavy atom. The average Bonchev–Trinajstić information content (AvgIpc) is 2.56. The third kappa shape index (κ3) is 2.78. The molecule has 0 bridgehead atoms. The van der Waals surface area contributed by atoms with Crippen LogP contribution in [0.4, 0.5) is 0 Å². The minimum atomic E-state index is 0.375. The highest BCUT2D eigenvalue weighted by molar-refractivity contribution is 5.75. The van der Waals surface area contributed by atoms with Gasteiger partial charge < -0.3 is 4.57 Å². The van der Waals surface area contributed by atoms with Crippen LogP contribution in [0.3, 0.4) is 0 Å². The molecule has 0 aliphatic carbocycles. The van der Waals surface area contributed by atoms with Crippen LogP contribution in [0.25, 0.3) is 11.0 Å². The van der Waals surface area contributed by atoms with Crippen molar-refractivity contribution in [2.24, 2.45) is 7.05 Å². The van der Waals surface area contributed by atoms with Gasteiger partial charge in [0.1, 0.15) is 5.82 Å². The zero-order chi connectivity index (χ0) is 11.3. The van der Waals surface area contributed by atoms with Gasteiger partial charge in [0.15, 0.2) is 0 Å². The van der Waals surface area contributed by atoms with Gasteiger partial charge in [0.2, 0.25) is 0 Å². The van der Waals surface area contributed by atoms with Crippen LogP contribution in [0.5, 0.6) is 0 Å². The Bertz CT molecular complexity index is 421. The predicted octanol–water partition coefficient (Wildman–Crippen LogP) is 2.38. The van der Waals surface area contributed by atoms with Gasteiger partial charge in [-0.1, -0.05) is 12.1 Å². The summed E-state index contributed by atoms with van der Waals surface area (Å²) in [7, 11) is 2.03. The predicted molar refractivity (Wildman–Crippen MR) is 59.7 cm³/mol. The van der Waals surface area contributed by atoms with Crippen LogP contribution < -0.4 is 0 Å². The molecule has 2 rings (SSSR count). The molecule has 0 amide bonds. The van der Waals surface area contributed by atoms with Crippen molar-refractivity contribution in [3.8, 4) is 0 Å². The maximum atomic E-state index is 7.38. The van der Waals surface area contributed by atoms with Crippen LogP contribution in [0.1, 0.15) is 12.7 Å². The highest BCUT2D eigenvalue weighted by Crippen LogP contribution is 2.12. The van der Waals surface area contributed by atoms with E-state index in [0.29, 0.717) is 6.61 Å². The summed E-state index contributed by atoms with van der Waals surface area (Å²) in [6, 6.07) is 8.15. The molecular weight excluding hydrogens is 192 g/mol. The molecule has 0 spiro atoms. The molecule has 0 aliphatic rings. The molecule has 0 aliphatic heterocycles. The Morgan fingerprint density at radius 1 is 1.40 bits per heavy atom. The van der Waals surface area contributed by atoms with E-state index in [2.05, 4.69) is 20.5 Å². The molecule has 82 valence electrons. The molecule has 0 saturated heterocycles. The minimum absolute atomic E-state index is 0.375. The molecule has 0 unspecified atom stereocenters. The van der Waals surface area contributed by atoms with E-state index in [1.165, 1.54) is 5.52 Å². The van der Waals surface area contributed by atoms with E-state index >= 15 is 0 Å². The number of imidazole rings is 1. The number of hydrogen-bond acceptors (Lipinski definition) is 3. The summed E-state index contributed by atoms with van der Waals surface area (Å²) < 4.78 is 2.09. The van der Waals surface area contributed by atoms with Gasteiger partial charge in [-0.3, -0.25) is 5.26 Å². The number of nitrogens with zero attached hydrogens (tertiary/aromatic N) is 2. The Balaban J connectivity index is 0.000000245. The van der Waals surface area contributed by atoms with Crippen LogP contribution in [0, 0.1) is 6.92 Å². The van der Waals surface area contributed by atoms with Gasteiger partial charge in [0, 0.05) is 7.05 Å². The molecule has 2 aromatic rings. The highest BCUT2D eigenvalue weighted by atomic mass is 17.1. The van der Waals surface area contributed by atoms with Crippen LogP contribution in [0.15, 0.2) is 24.3 Å². The van der Waals surface area contributed by atoms with E-state index in [9.17, 15) is 0 Å². The number of hydrogen-bond donors (Lipinski definition) is 1. The molecule has 1 N–H and O–H groups in total. The Labute approximate surface area is 89.1 Å². The van der Waals surface area contributed by atoms with Gasteiger partial charge in [-0.2, -0.15) is 0 Å². The number of para-hydroxylation sites is 2. The fraction of sp³-hybridized carbons (Fsp3) is 0.364. The SMILES string of the molecule is CCOO.Cc1nc2ccccc2n1C. The smallest absolute Gasteiger partial charge is 0.106 e. The minimum Gasteiger partial charge on any atom is -0.331 e. The first-order valence-corrected chi connectivity index (χ1v) is 4.85.